The van der Waals surface area contributed by atoms with Crippen LogP contribution >= 0.6 is 24.0 Å². The molecule has 0 radical (unpaired) electrons. The Bertz CT molecular complexity index is 948. The third-order valence-corrected chi connectivity index (χ3v) is 4.50. The fourth-order valence-corrected chi connectivity index (χ4v) is 3.13. The molecule has 26 heavy (non-hydrogen) atoms. The molecule has 1 aromatic heterocycles. The Morgan fingerprint density at radius 1 is 1.23 bits per heavy atom. The summed E-state index contributed by atoms with van der Waals surface area (Å²) < 4.78 is 5.22. The highest BCUT2D eigenvalue weighted by atomic mass is 32.2. The molecule has 1 aromatic carbocycles. The SMILES string of the molecule is O=C1/C(=C\C=C/c2ccccc2)SC(=S)N1/N=C/c1ccc([N+](=O)[O-])o1. The standard InChI is InChI=1S/C17H11N3O4S2/c21-16-14(8-4-7-12-5-2-1-3-6-12)26-17(25)19(16)18-11-13-9-10-15(24-13)20(22)23/h1-11H/b7-4-,14-8+,18-11+. The van der Waals surface area contributed by atoms with Crippen LogP contribution in [0.25, 0.3) is 6.08 Å². The molecular weight excluding hydrogens is 374 g/mol. The minimum absolute atomic E-state index is 0.152. The van der Waals surface area contributed by atoms with Gasteiger partial charge < -0.3 is 4.42 Å². The van der Waals surface area contributed by atoms with Crippen LogP contribution < -0.4 is 0 Å². The van der Waals surface area contributed by atoms with Crippen LogP contribution in [0.1, 0.15) is 11.3 Å². The topological polar surface area (TPSA) is 89.0 Å². The van der Waals surface area contributed by atoms with E-state index in [4.69, 9.17) is 16.6 Å². The fraction of sp³-hybridized carbons (Fsp3) is 0. The van der Waals surface area contributed by atoms with Gasteiger partial charge in [0.05, 0.1) is 17.2 Å². The number of nitrogens with zero attached hydrogens (tertiary/aromatic N) is 3. The molecule has 3 rings (SSSR count). The second-order valence-electron chi connectivity index (χ2n) is 4.96. The van der Waals surface area contributed by atoms with Gasteiger partial charge in [-0.2, -0.15) is 10.1 Å². The Labute approximate surface area is 157 Å². The second kappa shape index (κ2) is 7.89. The summed E-state index contributed by atoms with van der Waals surface area (Å²) in [6, 6.07) is 12.3. The van der Waals surface area contributed by atoms with Gasteiger partial charge in [0, 0.05) is 0 Å². The predicted molar refractivity (Wildman–Crippen MR) is 104 cm³/mol. The van der Waals surface area contributed by atoms with Crippen LogP contribution in [0.4, 0.5) is 5.88 Å². The Morgan fingerprint density at radius 3 is 2.69 bits per heavy atom. The number of allylic oxidation sites excluding steroid dienone is 2. The van der Waals surface area contributed by atoms with Gasteiger partial charge in [-0.3, -0.25) is 14.9 Å². The maximum absolute atomic E-state index is 12.4. The summed E-state index contributed by atoms with van der Waals surface area (Å²) in [6.07, 6.45) is 6.51. The molecule has 1 aliphatic rings. The van der Waals surface area contributed by atoms with Gasteiger partial charge in [-0.1, -0.05) is 54.2 Å². The van der Waals surface area contributed by atoms with Crippen molar-refractivity contribution in [3.05, 3.63) is 81.0 Å². The Balaban J connectivity index is 1.70. The molecule has 0 atom stereocenters. The monoisotopic (exact) mass is 385 g/mol. The first kappa shape index (κ1) is 17.8. The molecule has 0 aliphatic carbocycles. The first-order valence-corrected chi connectivity index (χ1v) is 8.55. The average Bonchev–Trinajstić information content (AvgIpc) is 3.20. The van der Waals surface area contributed by atoms with E-state index in [1.807, 2.05) is 36.4 Å². The van der Waals surface area contributed by atoms with Crippen molar-refractivity contribution in [2.75, 3.05) is 0 Å². The fourth-order valence-electron chi connectivity index (χ4n) is 2.01. The Hall–Kier alpha value is -3.04. The zero-order valence-electron chi connectivity index (χ0n) is 13.1. The maximum Gasteiger partial charge on any atom is 0.433 e. The van der Waals surface area contributed by atoms with Gasteiger partial charge in [-0.05, 0) is 29.9 Å². The van der Waals surface area contributed by atoms with Gasteiger partial charge in [-0.15, -0.1) is 0 Å². The Kier molecular flexibility index (Phi) is 5.40. The van der Waals surface area contributed by atoms with Crippen molar-refractivity contribution in [3.63, 3.8) is 0 Å². The molecule has 2 heterocycles. The van der Waals surface area contributed by atoms with Gasteiger partial charge in [0.2, 0.25) is 0 Å². The van der Waals surface area contributed by atoms with E-state index in [0.29, 0.717) is 4.91 Å². The van der Waals surface area contributed by atoms with Crippen LogP contribution in [-0.2, 0) is 4.79 Å². The predicted octanol–water partition coefficient (Wildman–Crippen LogP) is 3.98. The zero-order chi connectivity index (χ0) is 18.5. The number of amides is 1. The van der Waals surface area contributed by atoms with Crippen molar-refractivity contribution in [3.8, 4) is 0 Å². The van der Waals surface area contributed by atoms with Crippen LogP contribution in [0, 0.1) is 10.1 Å². The van der Waals surface area contributed by atoms with Gasteiger partial charge >= 0.3 is 5.88 Å². The van der Waals surface area contributed by atoms with Crippen LogP contribution in [0.5, 0.6) is 0 Å². The van der Waals surface area contributed by atoms with Crippen LogP contribution in [-0.4, -0.2) is 26.4 Å². The molecule has 0 saturated carbocycles. The summed E-state index contributed by atoms with van der Waals surface area (Å²) in [5.74, 6) is -0.614. The molecule has 0 spiro atoms. The summed E-state index contributed by atoms with van der Waals surface area (Å²) in [5, 5.41) is 15.6. The number of thiocarbonyl (C=S) groups is 1. The number of rotatable bonds is 5. The first-order chi connectivity index (χ1) is 12.5. The van der Waals surface area contributed by atoms with Gasteiger partial charge in [0.1, 0.15) is 4.92 Å². The van der Waals surface area contributed by atoms with Crippen molar-refractivity contribution in [1.82, 2.24) is 5.01 Å². The van der Waals surface area contributed by atoms with Gasteiger partial charge in [0.15, 0.2) is 10.1 Å². The van der Waals surface area contributed by atoms with Crippen LogP contribution in [0.2, 0.25) is 0 Å². The zero-order valence-corrected chi connectivity index (χ0v) is 14.8. The number of furan rings is 1. The van der Waals surface area contributed by atoms with E-state index >= 15 is 0 Å². The number of hydrazone groups is 1. The molecule has 9 heteroatoms. The van der Waals surface area contributed by atoms with Crippen molar-refractivity contribution < 1.29 is 14.1 Å². The number of hydrogen-bond donors (Lipinski definition) is 0. The number of carbonyl (C=O) groups excluding carboxylic acids is 1. The van der Waals surface area contributed by atoms with E-state index in [-0.39, 0.29) is 16.0 Å². The normalized spacial score (nSPS) is 16.5. The van der Waals surface area contributed by atoms with E-state index in [0.717, 1.165) is 22.3 Å². The van der Waals surface area contributed by atoms with E-state index in [1.165, 1.54) is 18.3 Å². The lowest BCUT2D eigenvalue weighted by molar-refractivity contribution is -0.402. The van der Waals surface area contributed by atoms with Crippen molar-refractivity contribution in [2.24, 2.45) is 5.10 Å². The minimum Gasteiger partial charge on any atom is -0.400 e. The number of benzene rings is 1. The summed E-state index contributed by atoms with van der Waals surface area (Å²) in [5.41, 5.74) is 1.01. The van der Waals surface area contributed by atoms with Crippen molar-refractivity contribution in [1.29, 1.82) is 0 Å². The van der Waals surface area contributed by atoms with Crippen LogP contribution in [0.15, 0.2) is 69.0 Å². The van der Waals surface area contributed by atoms with Crippen LogP contribution in [0.3, 0.4) is 0 Å². The number of thioether (sulfide) groups is 1. The largest absolute Gasteiger partial charge is 0.433 e. The van der Waals surface area contributed by atoms with Gasteiger partial charge in [-0.25, -0.2) is 0 Å². The van der Waals surface area contributed by atoms with E-state index in [1.54, 1.807) is 12.2 Å². The number of carbonyl (C=O) groups is 1. The lowest BCUT2D eigenvalue weighted by Crippen LogP contribution is -2.22. The number of nitro groups is 1. The molecule has 0 unspecified atom stereocenters. The highest BCUT2D eigenvalue weighted by Gasteiger charge is 2.31. The maximum atomic E-state index is 12.4. The van der Waals surface area contributed by atoms with E-state index in [2.05, 4.69) is 5.10 Å². The molecule has 7 nitrogen and oxygen atoms in total. The van der Waals surface area contributed by atoms with E-state index in [9.17, 15) is 14.9 Å². The third kappa shape index (κ3) is 4.13. The molecule has 130 valence electrons. The van der Waals surface area contributed by atoms with Gasteiger partial charge in [0.25, 0.3) is 5.91 Å². The second-order valence-corrected chi connectivity index (χ2v) is 6.64. The number of hydrogen-bond acceptors (Lipinski definition) is 7. The van der Waals surface area contributed by atoms with E-state index < -0.39 is 10.8 Å². The summed E-state index contributed by atoms with van der Waals surface area (Å²) in [4.78, 5) is 22.7. The molecule has 1 aliphatic heterocycles. The summed E-state index contributed by atoms with van der Waals surface area (Å²) in [7, 11) is 0. The lowest BCUT2D eigenvalue weighted by Gasteiger charge is -2.04. The average molecular weight is 385 g/mol. The lowest BCUT2D eigenvalue weighted by atomic mass is 10.2. The molecule has 0 N–H and O–H groups in total. The first-order valence-electron chi connectivity index (χ1n) is 7.32. The molecule has 0 bridgehead atoms. The molecule has 1 amide bonds. The highest BCUT2D eigenvalue weighted by molar-refractivity contribution is 8.26. The van der Waals surface area contributed by atoms with Crippen molar-refractivity contribution >= 4 is 52.4 Å². The molecular formula is C17H11N3O4S2. The smallest absolute Gasteiger partial charge is 0.400 e. The summed E-state index contributed by atoms with van der Waals surface area (Å²) in [6.45, 7) is 0. The highest BCUT2D eigenvalue weighted by Crippen LogP contribution is 2.31. The Morgan fingerprint density at radius 2 is 2.00 bits per heavy atom. The molecule has 1 saturated heterocycles. The van der Waals surface area contributed by atoms with Crippen molar-refractivity contribution in [2.45, 2.75) is 0 Å². The molecule has 1 fully saturated rings. The molecule has 2 aromatic rings. The third-order valence-electron chi connectivity index (χ3n) is 3.20. The summed E-state index contributed by atoms with van der Waals surface area (Å²) >= 11 is 6.28. The minimum atomic E-state index is -0.654. The quantitative estimate of drug-likeness (QED) is 0.254.